The molecular weight excluding hydrogens is 323 g/mol. The number of carbonyl (C=O) groups is 1. The second kappa shape index (κ2) is 6.43. The van der Waals surface area contributed by atoms with Gasteiger partial charge in [0.15, 0.2) is 0 Å². The Morgan fingerprint density at radius 3 is 2.78 bits per heavy atom. The summed E-state index contributed by atoms with van der Waals surface area (Å²) in [6, 6.07) is 5.29. The van der Waals surface area contributed by atoms with E-state index in [-0.39, 0.29) is 17.7 Å². The maximum absolute atomic E-state index is 13.5. The van der Waals surface area contributed by atoms with E-state index >= 15 is 0 Å². The van der Waals surface area contributed by atoms with Crippen molar-refractivity contribution in [1.82, 2.24) is 5.32 Å². The Morgan fingerprint density at radius 2 is 2.22 bits per heavy atom. The van der Waals surface area contributed by atoms with Gasteiger partial charge in [0.25, 0.3) is 11.6 Å². The van der Waals surface area contributed by atoms with Gasteiger partial charge in [-0.25, -0.2) is 4.39 Å². The van der Waals surface area contributed by atoms with E-state index in [1.807, 2.05) is 0 Å². The summed E-state index contributed by atoms with van der Waals surface area (Å²) in [7, 11) is 0. The number of thiophene rings is 1. The molecule has 0 fully saturated rings. The number of rotatable bonds is 5. The van der Waals surface area contributed by atoms with E-state index in [0.29, 0.717) is 4.88 Å². The van der Waals surface area contributed by atoms with Crippen molar-refractivity contribution in [2.75, 3.05) is 6.54 Å². The monoisotopic (exact) mass is 338 g/mol. The molecule has 0 radical (unpaired) electrons. The van der Waals surface area contributed by atoms with E-state index in [1.54, 1.807) is 17.5 Å². The number of nitrogens with zero attached hydrogens (tertiary/aromatic N) is 1. The number of carbonyl (C=O) groups excluding carboxylic acids is 1. The van der Waals surface area contributed by atoms with Crippen molar-refractivity contribution < 1.29 is 19.2 Å². The van der Waals surface area contributed by atoms with Crippen molar-refractivity contribution in [3.8, 4) is 0 Å². The van der Waals surface area contributed by atoms with Crippen LogP contribution in [0.2, 0.25) is 0 Å². The fourth-order valence-corrected chi connectivity index (χ4v) is 2.96. The Hall–Kier alpha value is -2.32. The zero-order valence-corrected chi connectivity index (χ0v) is 13.3. The molecule has 0 bridgehead atoms. The molecule has 0 aliphatic carbocycles. The number of aliphatic hydroxyl groups is 1. The minimum Gasteiger partial charge on any atom is -0.383 e. The molecule has 0 spiro atoms. The summed E-state index contributed by atoms with van der Waals surface area (Å²) in [5.41, 5.74) is -2.07. The van der Waals surface area contributed by atoms with Crippen LogP contribution in [0.25, 0.3) is 0 Å². The summed E-state index contributed by atoms with van der Waals surface area (Å²) >= 11 is 1.32. The fraction of sp³-hybridized carbons (Fsp3) is 0.267. The van der Waals surface area contributed by atoms with Crippen LogP contribution in [0.1, 0.15) is 27.7 Å². The van der Waals surface area contributed by atoms with Crippen LogP contribution in [0.15, 0.2) is 29.6 Å². The first-order valence-corrected chi connectivity index (χ1v) is 7.59. The fourth-order valence-electron chi connectivity index (χ4n) is 2.17. The summed E-state index contributed by atoms with van der Waals surface area (Å²) in [5, 5.41) is 25.7. The van der Waals surface area contributed by atoms with Gasteiger partial charge in [0.1, 0.15) is 17.0 Å². The molecule has 1 heterocycles. The topological polar surface area (TPSA) is 92.5 Å². The van der Waals surface area contributed by atoms with Gasteiger partial charge in [-0.3, -0.25) is 14.9 Å². The molecule has 0 aliphatic heterocycles. The highest BCUT2D eigenvalue weighted by molar-refractivity contribution is 7.10. The van der Waals surface area contributed by atoms with Gasteiger partial charge in [0.05, 0.1) is 11.5 Å². The minimum atomic E-state index is -1.32. The Kier molecular flexibility index (Phi) is 4.76. The predicted octanol–water partition coefficient (Wildman–Crippen LogP) is 2.74. The van der Waals surface area contributed by atoms with Crippen LogP contribution in [0, 0.1) is 22.9 Å². The van der Waals surface area contributed by atoms with E-state index in [1.165, 1.54) is 25.2 Å². The molecular formula is C15H15FN2O4S. The van der Waals surface area contributed by atoms with Crippen molar-refractivity contribution in [1.29, 1.82) is 0 Å². The standard InChI is InChI=1S/C15H15FN2O4S/c1-9-6-10(16)7-11(13(9)18(21)22)14(19)17-8-15(2,20)12-4-3-5-23-12/h3-7,20H,8H2,1-2H3,(H,17,19). The molecule has 0 saturated carbocycles. The summed E-state index contributed by atoms with van der Waals surface area (Å²) in [6.45, 7) is 2.73. The summed E-state index contributed by atoms with van der Waals surface area (Å²) in [5.74, 6) is -1.54. The van der Waals surface area contributed by atoms with Crippen LogP contribution >= 0.6 is 11.3 Å². The molecule has 2 aromatic rings. The second-order valence-corrected chi connectivity index (χ2v) is 6.26. The van der Waals surface area contributed by atoms with Gasteiger partial charge < -0.3 is 10.4 Å². The Morgan fingerprint density at radius 1 is 1.52 bits per heavy atom. The third-order valence-electron chi connectivity index (χ3n) is 3.34. The van der Waals surface area contributed by atoms with Crippen molar-refractivity contribution in [3.63, 3.8) is 0 Å². The van der Waals surface area contributed by atoms with Crippen LogP contribution in [-0.2, 0) is 5.60 Å². The van der Waals surface area contributed by atoms with Crippen molar-refractivity contribution in [2.24, 2.45) is 0 Å². The van der Waals surface area contributed by atoms with Crippen LogP contribution in [-0.4, -0.2) is 22.5 Å². The molecule has 6 nitrogen and oxygen atoms in total. The first-order chi connectivity index (χ1) is 10.7. The molecule has 1 aromatic heterocycles. The molecule has 0 saturated heterocycles. The molecule has 8 heteroatoms. The van der Waals surface area contributed by atoms with Crippen LogP contribution in [0.5, 0.6) is 0 Å². The molecule has 1 amide bonds. The highest BCUT2D eigenvalue weighted by Crippen LogP contribution is 2.26. The molecule has 122 valence electrons. The first-order valence-electron chi connectivity index (χ1n) is 6.71. The van der Waals surface area contributed by atoms with Crippen LogP contribution in [0.4, 0.5) is 10.1 Å². The largest absolute Gasteiger partial charge is 0.383 e. The Balaban J connectivity index is 2.23. The number of nitro groups is 1. The van der Waals surface area contributed by atoms with Crippen molar-refractivity contribution >= 4 is 22.9 Å². The lowest BCUT2D eigenvalue weighted by molar-refractivity contribution is -0.385. The van der Waals surface area contributed by atoms with E-state index < -0.39 is 27.9 Å². The maximum atomic E-state index is 13.5. The zero-order valence-electron chi connectivity index (χ0n) is 12.5. The first kappa shape index (κ1) is 17.0. The molecule has 2 rings (SSSR count). The van der Waals surface area contributed by atoms with Gasteiger partial charge in [-0.05, 0) is 37.4 Å². The molecule has 1 unspecified atom stereocenters. The van der Waals surface area contributed by atoms with E-state index in [4.69, 9.17) is 0 Å². The third-order valence-corrected chi connectivity index (χ3v) is 4.46. The Bertz CT molecular complexity index is 744. The van der Waals surface area contributed by atoms with E-state index in [9.17, 15) is 24.4 Å². The molecule has 0 aliphatic rings. The number of amides is 1. The lowest BCUT2D eigenvalue weighted by atomic mass is 10.0. The summed E-state index contributed by atoms with van der Waals surface area (Å²) in [4.78, 5) is 23.2. The molecule has 23 heavy (non-hydrogen) atoms. The van der Waals surface area contributed by atoms with Crippen molar-refractivity contribution in [2.45, 2.75) is 19.4 Å². The SMILES string of the molecule is Cc1cc(F)cc(C(=O)NCC(C)(O)c2cccs2)c1[N+](=O)[O-]. The van der Waals surface area contributed by atoms with Crippen LogP contribution in [0.3, 0.4) is 0 Å². The van der Waals surface area contributed by atoms with E-state index in [0.717, 1.165) is 12.1 Å². The lowest BCUT2D eigenvalue weighted by Crippen LogP contribution is -2.38. The van der Waals surface area contributed by atoms with Gasteiger partial charge in [0, 0.05) is 10.4 Å². The highest BCUT2D eigenvalue weighted by Gasteiger charge is 2.28. The van der Waals surface area contributed by atoms with Gasteiger partial charge in [-0.15, -0.1) is 11.3 Å². The number of halogens is 1. The highest BCUT2D eigenvalue weighted by atomic mass is 32.1. The number of nitrogens with one attached hydrogen (secondary N) is 1. The van der Waals surface area contributed by atoms with E-state index in [2.05, 4.69) is 5.32 Å². The van der Waals surface area contributed by atoms with Crippen molar-refractivity contribution in [3.05, 3.63) is 61.6 Å². The number of benzene rings is 1. The molecule has 2 N–H and O–H groups in total. The third kappa shape index (κ3) is 3.72. The summed E-state index contributed by atoms with van der Waals surface area (Å²) in [6.07, 6.45) is 0. The number of nitro benzene ring substituents is 1. The smallest absolute Gasteiger partial charge is 0.285 e. The minimum absolute atomic E-state index is 0.0603. The van der Waals surface area contributed by atoms with Gasteiger partial charge in [-0.1, -0.05) is 6.07 Å². The lowest BCUT2D eigenvalue weighted by Gasteiger charge is -2.22. The van der Waals surface area contributed by atoms with Gasteiger partial charge >= 0.3 is 0 Å². The maximum Gasteiger partial charge on any atom is 0.285 e. The van der Waals surface area contributed by atoms with Gasteiger partial charge in [-0.2, -0.15) is 0 Å². The Labute approximate surface area is 135 Å². The number of aryl methyl sites for hydroxylation is 1. The zero-order chi connectivity index (χ0) is 17.2. The quantitative estimate of drug-likeness (QED) is 0.647. The average molecular weight is 338 g/mol. The predicted molar refractivity (Wildman–Crippen MR) is 84.0 cm³/mol. The number of hydrogen-bond donors (Lipinski definition) is 2. The molecule has 1 aromatic carbocycles. The normalized spacial score (nSPS) is 13.4. The average Bonchev–Trinajstić information content (AvgIpc) is 2.98. The second-order valence-electron chi connectivity index (χ2n) is 5.31. The van der Waals surface area contributed by atoms with Crippen LogP contribution < -0.4 is 5.32 Å². The summed E-state index contributed by atoms with van der Waals surface area (Å²) < 4.78 is 13.5. The number of hydrogen-bond acceptors (Lipinski definition) is 5. The van der Waals surface area contributed by atoms with Gasteiger partial charge in [0.2, 0.25) is 0 Å². The molecule has 1 atom stereocenters.